The van der Waals surface area contributed by atoms with E-state index in [9.17, 15) is 10.1 Å². The molecule has 0 radical (unpaired) electrons. The van der Waals surface area contributed by atoms with E-state index < -0.39 is 4.92 Å². The fraction of sp³-hybridized carbons (Fsp3) is 0.273. The predicted octanol–water partition coefficient (Wildman–Crippen LogP) is 4.63. The summed E-state index contributed by atoms with van der Waals surface area (Å²) in [4.78, 5) is 24.1. The number of hydrogen-bond acceptors (Lipinski definition) is 7. The lowest BCUT2D eigenvalue weighted by atomic mass is 10.2. The van der Waals surface area contributed by atoms with Crippen LogP contribution in [0, 0.1) is 10.1 Å². The highest BCUT2D eigenvalue weighted by atomic mass is 35.5. The Morgan fingerprint density at radius 2 is 1.78 bits per heavy atom. The molecule has 8 nitrogen and oxygen atoms in total. The molecule has 2 heterocycles. The van der Waals surface area contributed by atoms with Crippen molar-refractivity contribution in [2.24, 2.45) is 0 Å². The molecule has 32 heavy (non-hydrogen) atoms. The third-order valence-corrected chi connectivity index (χ3v) is 5.95. The summed E-state index contributed by atoms with van der Waals surface area (Å²) in [5.41, 5.74) is 1.88. The molecule has 1 aromatic heterocycles. The molecule has 1 N–H and O–H groups in total. The molecule has 0 bridgehead atoms. The van der Waals surface area contributed by atoms with Gasteiger partial charge < -0.3 is 10.2 Å². The van der Waals surface area contributed by atoms with Gasteiger partial charge in [0.1, 0.15) is 6.33 Å². The first-order chi connectivity index (χ1) is 15.5. The summed E-state index contributed by atoms with van der Waals surface area (Å²) in [6.45, 7) is 4.01. The van der Waals surface area contributed by atoms with Gasteiger partial charge in [-0.15, -0.1) is 0 Å². The maximum Gasteiger partial charge on any atom is 0.353 e. The van der Waals surface area contributed by atoms with Crippen LogP contribution in [0.5, 0.6) is 0 Å². The summed E-state index contributed by atoms with van der Waals surface area (Å²) in [6.07, 6.45) is 1.35. The standard InChI is InChI=1S/C22H22Cl2N6O2/c23-18-7-6-17(19(24)12-18)13-25-21-20(30(31)32)22(27-15-26-21)29-10-8-28(9-11-29)14-16-4-2-1-3-5-16/h1-7,12,15H,8-11,13-14H2,(H,25,26,27). The molecule has 1 aliphatic rings. The highest BCUT2D eigenvalue weighted by molar-refractivity contribution is 6.35. The summed E-state index contributed by atoms with van der Waals surface area (Å²) in [5, 5.41) is 16.0. The number of nitro groups is 1. The van der Waals surface area contributed by atoms with Crippen LogP contribution in [0.4, 0.5) is 17.3 Å². The Kier molecular flexibility index (Phi) is 7.04. The summed E-state index contributed by atoms with van der Waals surface area (Å²) < 4.78 is 0. The Morgan fingerprint density at radius 3 is 2.47 bits per heavy atom. The Hall–Kier alpha value is -2.94. The van der Waals surface area contributed by atoms with Crippen LogP contribution in [0.15, 0.2) is 54.9 Å². The molecule has 0 aliphatic carbocycles. The second-order valence-corrected chi connectivity index (χ2v) is 8.33. The van der Waals surface area contributed by atoms with Crippen LogP contribution in [0.3, 0.4) is 0 Å². The maximum absolute atomic E-state index is 11.9. The van der Waals surface area contributed by atoms with Crippen molar-refractivity contribution in [3.63, 3.8) is 0 Å². The second-order valence-electron chi connectivity index (χ2n) is 7.49. The van der Waals surface area contributed by atoms with Crippen LogP contribution < -0.4 is 10.2 Å². The topological polar surface area (TPSA) is 87.4 Å². The normalized spacial score (nSPS) is 14.4. The first-order valence-corrected chi connectivity index (χ1v) is 11.0. The fourth-order valence-electron chi connectivity index (χ4n) is 3.70. The molecule has 166 valence electrons. The number of aromatic nitrogens is 2. The summed E-state index contributed by atoms with van der Waals surface area (Å²) >= 11 is 12.2. The van der Waals surface area contributed by atoms with E-state index in [2.05, 4.69) is 32.3 Å². The van der Waals surface area contributed by atoms with Crippen molar-refractivity contribution in [1.82, 2.24) is 14.9 Å². The summed E-state index contributed by atoms with van der Waals surface area (Å²) in [5.74, 6) is 0.492. The molecule has 2 aromatic carbocycles. The molecule has 0 amide bonds. The lowest BCUT2D eigenvalue weighted by Crippen LogP contribution is -2.46. The van der Waals surface area contributed by atoms with Crippen LogP contribution in [0.2, 0.25) is 10.0 Å². The van der Waals surface area contributed by atoms with E-state index >= 15 is 0 Å². The lowest BCUT2D eigenvalue weighted by molar-refractivity contribution is -0.383. The third kappa shape index (κ3) is 5.27. The maximum atomic E-state index is 11.9. The van der Waals surface area contributed by atoms with E-state index in [1.54, 1.807) is 18.2 Å². The van der Waals surface area contributed by atoms with Crippen molar-refractivity contribution in [3.05, 3.63) is 86.1 Å². The minimum atomic E-state index is -0.433. The van der Waals surface area contributed by atoms with Crippen molar-refractivity contribution in [2.45, 2.75) is 13.1 Å². The first kappa shape index (κ1) is 22.3. The van der Waals surface area contributed by atoms with Gasteiger partial charge in [0.15, 0.2) is 0 Å². The van der Waals surface area contributed by atoms with Gasteiger partial charge in [0.2, 0.25) is 11.6 Å². The fourth-order valence-corrected chi connectivity index (χ4v) is 4.18. The van der Waals surface area contributed by atoms with Gasteiger partial charge in [-0.25, -0.2) is 9.97 Å². The molecule has 4 rings (SSSR count). The van der Waals surface area contributed by atoms with E-state index in [4.69, 9.17) is 23.2 Å². The Labute approximate surface area is 195 Å². The molecule has 3 aromatic rings. The van der Waals surface area contributed by atoms with Crippen molar-refractivity contribution >= 4 is 40.5 Å². The van der Waals surface area contributed by atoms with Gasteiger partial charge in [0.25, 0.3) is 0 Å². The monoisotopic (exact) mass is 472 g/mol. The Morgan fingerprint density at radius 1 is 1.03 bits per heavy atom. The van der Waals surface area contributed by atoms with Gasteiger partial charge in [0.05, 0.1) is 4.92 Å². The largest absolute Gasteiger partial charge is 0.360 e. The SMILES string of the molecule is O=[N+]([O-])c1c(NCc2ccc(Cl)cc2Cl)ncnc1N1CCN(Cc2ccccc2)CC1. The molecule has 10 heteroatoms. The van der Waals surface area contributed by atoms with Crippen LogP contribution in [0.1, 0.15) is 11.1 Å². The molecule has 1 saturated heterocycles. The molecular weight excluding hydrogens is 451 g/mol. The van der Waals surface area contributed by atoms with E-state index in [1.165, 1.54) is 11.9 Å². The summed E-state index contributed by atoms with van der Waals surface area (Å²) in [7, 11) is 0. The van der Waals surface area contributed by atoms with Crippen LogP contribution >= 0.6 is 23.2 Å². The van der Waals surface area contributed by atoms with Gasteiger partial charge in [0, 0.05) is 49.3 Å². The van der Waals surface area contributed by atoms with E-state index in [0.717, 1.165) is 25.2 Å². The number of rotatable bonds is 7. The van der Waals surface area contributed by atoms with Crippen LogP contribution in [0.25, 0.3) is 0 Å². The summed E-state index contributed by atoms with van der Waals surface area (Å²) in [6, 6.07) is 15.4. The van der Waals surface area contributed by atoms with Crippen LogP contribution in [-0.2, 0) is 13.1 Å². The molecular formula is C22H22Cl2N6O2. The number of nitrogens with zero attached hydrogens (tertiary/aromatic N) is 5. The zero-order valence-corrected chi connectivity index (χ0v) is 18.8. The number of benzene rings is 2. The number of anilines is 2. The molecule has 0 unspecified atom stereocenters. The Balaban J connectivity index is 1.46. The highest BCUT2D eigenvalue weighted by Gasteiger charge is 2.29. The first-order valence-electron chi connectivity index (χ1n) is 10.2. The average molecular weight is 473 g/mol. The van der Waals surface area contributed by atoms with Crippen molar-refractivity contribution in [1.29, 1.82) is 0 Å². The van der Waals surface area contributed by atoms with Crippen molar-refractivity contribution < 1.29 is 4.92 Å². The Bertz CT molecular complexity index is 1090. The van der Waals surface area contributed by atoms with Gasteiger partial charge in [-0.1, -0.05) is 59.6 Å². The lowest BCUT2D eigenvalue weighted by Gasteiger charge is -2.35. The zero-order chi connectivity index (χ0) is 22.5. The molecule has 1 aliphatic heterocycles. The van der Waals surface area contributed by atoms with Gasteiger partial charge >= 0.3 is 5.69 Å². The van der Waals surface area contributed by atoms with Crippen molar-refractivity contribution in [2.75, 3.05) is 36.4 Å². The van der Waals surface area contributed by atoms with Gasteiger partial charge in [-0.05, 0) is 23.3 Å². The number of hydrogen-bond donors (Lipinski definition) is 1. The van der Waals surface area contributed by atoms with E-state index in [1.807, 2.05) is 23.1 Å². The highest BCUT2D eigenvalue weighted by Crippen LogP contribution is 2.33. The number of piperazine rings is 1. The average Bonchev–Trinajstić information content (AvgIpc) is 2.79. The van der Waals surface area contributed by atoms with Gasteiger partial charge in [-0.3, -0.25) is 15.0 Å². The number of halogens is 2. The number of nitrogens with one attached hydrogen (secondary N) is 1. The predicted molar refractivity (Wildman–Crippen MR) is 126 cm³/mol. The van der Waals surface area contributed by atoms with Crippen molar-refractivity contribution in [3.8, 4) is 0 Å². The molecule has 1 fully saturated rings. The second kappa shape index (κ2) is 10.1. The quantitative estimate of drug-likeness (QED) is 0.396. The minimum Gasteiger partial charge on any atom is -0.360 e. The third-order valence-electron chi connectivity index (χ3n) is 5.37. The van der Waals surface area contributed by atoms with Crippen LogP contribution in [-0.4, -0.2) is 46.0 Å². The molecule has 0 saturated carbocycles. The van der Waals surface area contributed by atoms with E-state index in [0.29, 0.717) is 29.0 Å². The molecule has 0 atom stereocenters. The molecule has 0 spiro atoms. The minimum absolute atomic E-state index is 0.130. The van der Waals surface area contributed by atoms with E-state index in [-0.39, 0.29) is 18.1 Å². The smallest absolute Gasteiger partial charge is 0.353 e. The van der Waals surface area contributed by atoms with Gasteiger partial charge in [-0.2, -0.15) is 0 Å². The zero-order valence-electron chi connectivity index (χ0n) is 17.2.